The average molecular weight is 274 g/mol. The molecule has 0 spiro atoms. The normalized spacial score (nSPS) is 10.9. The molecule has 0 saturated heterocycles. The number of para-hydroxylation sites is 1. The van der Waals surface area contributed by atoms with E-state index in [-0.39, 0.29) is 17.2 Å². The fraction of sp³-hybridized carbons (Fsp3) is 0.143. The number of nitrogens with zero attached hydrogens (tertiary/aromatic N) is 1. The van der Waals surface area contributed by atoms with Crippen molar-refractivity contribution < 1.29 is 18.1 Å². The van der Waals surface area contributed by atoms with Gasteiger partial charge in [0.25, 0.3) is 5.91 Å². The molecule has 102 valence electrons. The first-order valence-corrected chi connectivity index (χ1v) is 5.98. The highest BCUT2D eigenvalue weighted by molar-refractivity contribution is 6.06. The number of hydrogen-bond donors (Lipinski definition) is 1. The molecule has 0 fully saturated rings. The molecule has 6 heteroatoms. The van der Waals surface area contributed by atoms with Gasteiger partial charge in [-0.05, 0) is 19.9 Å². The second-order valence-electron chi connectivity index (χ2n) is 4.45. The lowest BCUT2D eigenvalue weighted by atomic mass is 10.1. The van der Waals surface area contributed by atoms with E-state index in [1.165, 1.54) is 6.07 Å². The topological polar surface area (TPSA) is 68.3 Å². The summed E-state index contributed by atoms with van der Waals surface area (Å²) in [6.45, 7) is 3.42. The second-order valence-corrected chi connectivity index (χ2v) is 4.45. The summed E-state index contributed by atoms with van der Waals surface area (Å²) in [7, 11) is 0. The molecule has 0 atom stereocenters. The molecule has 2 heterocycles. The quantitative estimate of drug-likeness (QED) is 0.777. The molecule has 0 aliphatic heterocycles. The van der Waals surface area contributed by atoms with Gasteiger partial charge >= 0.3 is 0 Å². The summed E-state index contributed by atoms with van der Waals surface area (Å²) in [5, 5.41) is 6.78. The number of aryl methyl sites for hydroxylation is 2. The minimum atomic E-state index is -0.498. The van der Waals surface area contributed by atoms with Gasteiger partial charge in [-0.25, -0.2) is 4.39 Å². The fourth-order valence-corrected chi connectivity index (χ4v) is 2.02. The molecule has 20 heavy (non-hydrogen) atoms. The molecule has 3 rings (SSSR count). The lowest BCUT2D eigenvalue weighted by Crippen LogP contribution is -2.12. The first kappa shape index (κ1) is 12.4. The third-order valence-corrected chi connectivity index (χ3v) is 2.99. The lowest BCUT2D eigenvalue weighted by Gasteiger charge is -1.98. The molecule has 3 aromatic rings. The summed E-state index contributed by atoms with van der Waals surface area (Å²) in [6, 6.07) is 6.14. The maximum atomic E-state index is 13.6. The molecule has 0 aliphatic rings. The summed E-state index contributed by atoms with van der Waals surface area (Å²) in [5.41, 5.74) is 0.656. The van der Waals surface area contributed by atoms with Crippen molar-refractivity contribution in [2.75, 3.05) is 5.32 Å². The predicted octanol–water partition coefficient (Wildman–Crippen LogP) is 3.43. The maximum absolute atomic E-state index is 13.6. The number of aromatic nitrogens is 1. The average Bonchev–Trinajstić information content (AvgIpc) is 2.95. The number of benzene rings is 1. The first-order valence-electron chi connectivity index (χ1n) is 5.98. The van der Waals surface area contributed by atoms with Crippen LogP contribution < -0.4 is 5.32 Å². The van der Waals surface area contributed by atoms with Crippen LogP contribution in [0.15, 0.2) is 33.2 Å². The van der Waals surface area contributed by atoms with Crippen LogP contribution in [0.5, 0.6) is 0 Å². The van der Waals surface area contributed by atoms with Gasteiger partial charge < -0.3 is 14.3 Å². The Hall–Kier alpha value is -2.63. The van der Waals surface area contributed by atoms with Crippen molar-refractivity contribution in [1.29, 1.82) is 0 Å². The van der Waals surface area contributed by atoms with Crippen molar-refractivity contribution in [3.05, 3.63) is 47.2 Å². The highest BCUT2D eigenvalue weighted by Crippen LogP contribution is 2.27. The molecular weight excluding hydrogens is 263 g/mol. The summed E-state index contributed by atoms with van der Waals surface area (Å²) in [4.78, 5) is 12.1. The van der Waals surface area contributed by atoms with Crippen LogP contribution in [0.25, 0.3) is 11.0 Å². The molecule has 0 unspecified atom stereocenters. The summed E-state index contributed by atoms with van der Waals surface area (Å²) in [5.74, 6) is -0.0698. The van der Waals surface area contributed by atoms with Crippen LogP contribution in [0.1, 0.15) is 21.9 Å². The van der Waals surface area contributed by atoms with E-state index in [1.807, 2.05) is 0 Å². The van der Waals surface area contributed by atoms with Crippen LogP contribution >= 0.6 is 0 Å². The molecule has 0 saturated carbocycles. The Balaban J connectivity index is 1.99. The largest absolute Gasteiger partial charge is 0.448 e. The van der Waals surface area contributed by atoms with Gasteiger partial charge in [-0.1, -0.05) is 17.3 Å². The Labute approximate surface area is 113 Å². The number of anilines is 1. The van der Waals surface area contributed by atoms with Gasteiger partial charge in [-0.2, -0.15) is 0 Å². The highest BCUT2D eigenvalue weighted by Gasteiger charge is 2.20. The zero-order valence-electron chi connectivity index (χ0n) is 10.9. The number of nitrogens with one attached hydrogen (secondary N) is 1. The van der Waals surface area contributed by atoms with Crippen molar-refractivity contribution in [1.82, 2.24) is 5.16 Å². The number of rotatable bonds is 2. The van der Waals surface area contributed by atoms with Crippen molar-refractivity contribution in [3.63, 3.8) is 0 Å². The fourth-order valence-electron chi connectivity index (χ4n) is 2.02. The summed E-state index contributed by atoms with van der Waals surface area (Å²) < 4.78 is 23.8. The van der Waals surface area contributed by atoms with Gasteiger partial charge in [0.1, 0.15) is 5.76 Å². The van der Waals surface area contributed by atoms with Gasteiger partial charge in [0, 0.05) is 17.0 Å². The Morgan fingerprint density at radius 2 is 2.15 bits per heavy atom. The van der Waals surface area contributed by atoms with Crippen molar-refractivity contribution in [2.24, 2.45) is 0 Å². The Kier molecular flexibility index (Phi) is 2.78. The molecule has 0 bridgehead atoms. The number of hydrogen-bond acceptors (Lipinski definition) is 4. The smallest absolute Gasteiger partial charge is 0.292 e. The summed E-state index contributed by atoms with van der Waals surface area (Å²) in [6.07, 6.45) is 0. The first-order chi connectivity index (χ1) is 9.56. The number of amides is 1. The third-order valence-electron chi connectivity index (χ3n) is 2.99. The number of carbonyl (C=O) groups is 1. The van der Waals surface area contributed by atoms with Crippen LogP contribution in [-0.4, -0.2) is 11.1 Å². The SMILES string of the molecule is Cc1cc(NC(=O)c2oc3c(F)cccc3c2C)no1. The van der Waals surface area contributed by atoms with E-state index >= 15 is 0 Å². The second kappa shape index (κ2) is 4.48. The molecule has 0 radical (unpaired) electrons. The number of carbonyl (C=O) groups excluding carboxylic acids is 1. The standard InChI is InChI=1S/C14H11FN2O3/c1-7-6-11(17-20-7)16-14(18)12-8(2)9-4-3-5-10(15)13(9)19-12/h3-6H,1-2H3,(H,16,17,18). The van der Waals surface area contributed by atoms with Gasteiger partial charge in [0.15, 0.2) is 23.0 Å². The molecule has 1 amide bonds. The van der Waals surface area contributed by atoms with E-state index < -0.39 is 11.7 Å². The predicted molar refractivity (Wildman–Crippen MR) is 70.1 cm³/mol. The molecule has 1 aromatic carbocycles. The molecule has 1 N–H and O–H groups in total. The third kappa shape index (κ3) is 1.95. The van der Waals surface area contributed by atoms with Gasteiger partial charge in [0.2, 0.25) is 0 Å². The van der Waals surface area contributed by atoms with Crippen LogP contribution in [0.4, 0.5) is 10.2 Å². The highest BCUT2D eigenvalue weighted by atomic mass is 19.1. The van der Waals surface area contributed by atoms with Crippen LogP contribution in [-0.2, 0) is 0 Å². The number of furan rings is 1. The Morgan fingerprint density at radius 3 is 2.80 bits per heavy atom. The Bertz CT molecular complexity index is 804. The maximum Gasteiger partial charge on any atom is 0.292 e. The number of fused-ring (bicyclic) bond motifs is 1. The van der Waals surface area contributed by atoms with E-state index in [0.717, 1.165) is 0 Å². The minimum absolute atomic E-state index is 0.0609. The number of halogens is 1. The van der Waals surface area contributed by atoms with E-state index in [0.29, 0.717) is 16.7 Å². The van der Waals surface area contributed by atoms with Gasteiger partial charge in [0.05, 0.1) is 0 Å². The van der Waals surface area contributed by atoms with Crippen molar-refractivity contribution in [2.45, 2.75) is 13.8 Å². The van der Waals surface area contributed by atoms with E-state index in [9.17, 15) is 9.18 Å². The monoisotopic (exact) mass is 274 g/mol. The molecule has 0 aliphatic carbocycles. The lowest BCUT2D eigenvalue weighted by molar-refractivity contribution is 0.0997. The van der Waals surface area contributed by atoms with Crippen LogP contribution in [0.3, 0.4) is 0 Å². The van der Waals surface area contributed by atoms with Crippen molar-refractivity contribution >= 4 is 22.7 Å². The van der Waals surface area contributed by atoms with Gasteiger partial charge in [-0.3, -0.25) is 4.79 Å². The van der Waals surface area contributed by atoms with Gasteiger partial charge in [-0.15, -0.1) is 0 Å². The molecule has 5 nitrogen and oxygen atoms in total. The van der Waals surface area contributed by atoms with Crippen LogP contribution in [0.2, 0.25) is 0 Å². The van der Waals surface area contributed by atoms with E-state index in [4.69, 9.17) is 8.94 Å². The van der Waals surface area contributed by atoms with Crippen molar-refractivity contribution in [3.8, 4) is 0 Å². The molecular formula is C14H11FN2O3. The van der Waals surface area contributed by atoms with E-state index in [1.54, 1.807) is 32.0 Å². The van der Waals surface area contributed by atoms with E-state index in [2.05, 4.69) is 10.5 Å². The summed E-state index contributed by atoms with van der Waals surface area (Å²) >= 11 is 0. The zero-order valence-corrected chi connectivity index (χ0v) is 10.9. The zero-order chi connectivity index (χ0) is 14.3. The molecule has 2 aromatic heterocycles. The minimum Gasteiger partial charge on any atom is -0.448 e. The Morgan fingerprint density at radius 1 is 1.35 bits per heavy atom. The van der Waals surface area contributed by atoms with Crippen LogP contribution in [0, 0.1) is 19.7 Å².